The SMILES string of the molecule is CCCNC(=O)[C@@H]1[C@H]2C(=O)N(CCCO)C(C(=O)NCn3nnc4ccccc43)C23CC[C@H]1O3. The predicted molar refractivity (Wildman–Crippen MR) is 120 cm³/mol. The summed E-state index contributed by atoms with van der Waals surface area (Å²) in [7, 11) is 0. The van der Waals surface area contributed by atoms with Crippen molar-refractivity contribution in [1.29, 1.82) is 0 Å². The quantitative estimate of drug-likeness (QED) is 0.461. The van der Waals surface area contributed by atoms with Crippen LogP contribution in [0.4, 0.5) is 0 Å². The van der Waals surface area contributed by atoms with Crippen LogP contribution in [-0.4, -0.2) is 80.2 Å². The van der Waals surface area contributed by atoms with Crippen LogP contribution in [0.2, 0.25) is 0 Å². The molecule has 182 valence electrons. The van der Waals surface area contributed by atoms with E-state index in [1.165, 1.54) is 4.90 Å². The second-order valence-electron chi connectivity index (χ2n) is 9.23. The number of aromatic nitrogens is 3. The van der Waals surface area contributed by atoms with Gasteiger partial charge in [0.2, 0.25) is 17.7 Å². The molecule has 3 saturated heterocycles. The first kappa shape index (κ1) is 22.7. The van der Waals surface area contributed by atoms with Crippen molar-refractivity contribution in [2.24, 2.45) is 11.8 Å². The highest BCUT2D eigenvalue weighted by atomic mass is 16.5. The van der Waals surface area contributed by atoms with Gasteiger partial charge in [0, 0.05) is 19.7 Å². The molecule has 11 nitrogen and oxygen atoms in total. The molecule has 11 heteroatoms. The number of fused-ring (bicyclic) bond motifs is 2. The van der Waals surface area contributed by atoms with E-state index in [1.807, 2.05) is 31.2 Å². The van der Waals surface area contributed by atoms with E-state index < -0.39 is 23.5 Å². The standard InChI is InChI=1S/C23H30N6O5/c1-2-10-24-20(31)17-16-8-9-23(34-16)18(17)22(33)28(11-5-12-30)19(23)21(32)25-13-29-15-7-4-3-6-14(15)26-27-29/h3-4,6-7,16-19,30H,2,5,8-13H2,1H3,(H,24,31)(H,25,32)/t16-,17+,18+,19?,23?/m1/s1. The molecule has 34 heavy (non-hydrogen) atoms. The van der Waals surface area contributed by atoms with Crippen molar-refractivity contribution < 1.29 is 24.2 Å². The number of aliphatic hydroxyl groups excluding tert-OH is 1. The minimum Gasteiger partial charge on any atom is -0.396 e. The van der Waals surface area contributed by atoms with Gasteiger partial charge in [-0.15, -0.1) is 5.10 Å². The number of hydrogen-bond acceptors (Lipinski definition) is 7. The fourth-order valence-corrected chi connectivity index (χ4v) is 5.88. The van der Waals surface area contributed by atoms with Gasteiger partial charge in [0.25, 0.3) is 0 Å². The van der Waals surface area contributed by atoms with Gasteiger partial charge in [-0.25, -0.2) is 4.68 Å². The number of rotatable bonds is 9. The summed E-state index contributed by atoms with van der Waals surface area (Å²) >= 11 is 0. The predicted octanol–water partition coefficient (Wildman–Crippen LogP) is -0.212. The molecule has 1 aromatic heterocycles. The monoisotopic (exact) mass is 470 g/mol. The number of likely N-dealkylation sites (tertiary alicyclic amines) is 1. The summed E-state index contributed by atoms with van der Waals surface area (Å²) in [6.45, 7) is 2.69. The smallest absolute Gasteiger partial charge is 0.247 e. The largest absolute Gasteiger partial charge is 0.396 e. The highest BCUT2D eigenvalue weighted by molar-refractivity contribution is 5.98. The van der Waals surface area contributed by atoms with Crippen LogP contribution in [-0.2, 0) is 25.8 Å². The Morgan fingerprint density at radius 3 is 2.88 bits per heavy atom. The van der Waals surface area contributed by atoms with Crippen molar-refractivity contribution in [2.45, 2.75) is 57.0 Å². The number of nitrogens with one attached hydrogen (secondary N) is 2. The maximum absolute atomic E-state index is 13.6. The van der Waals surface area contributed by atoms with Crippen LogP contribution in [0.1, 0.15) is 32.6 Å². The third kappa shape index (κ3) is 3.45. The summed E-state index contributed by atoms with van der Waals surface area (Å²) in [6, 6.07) is 6.56. The number of para-hydroxylation sites is 1. The molecule has 1 spiro atoms. The molecule has 0 saturated carbocycles. The number of ether oxygens (including phenoxy) is 1. The zero-order chi connectivity index (χ0) is 23.9. The lowest BCUT2D eigenvalue weighted by molar-refractivity contribution is -0.142. The number of carbonyl (C=O) groups is 3. The molecule has 2 unspecified atom stereocenters. The molecule has 3 aliphatic heterocycles. The molecule has 3 N–H and O–H groups in total. The molecule has 2 aromatic rings. The molecule has 3 amide bonds. The third-order valence-electron chi connectivity index (χ3n) is 7.28. The summed E-state index contributed by atoms with van der Waals surface area (Å²) in [5.74, 6) is -2.11. The van der Waals surface area contributed by atoms with Gasteiger partial charge in [0.15, 0.2) is 0 Å². The molecule has 4 heterocycles. The Morgan fingerprint density at radius 2 is 2.09 bits per heavy atom. The van der Waals surface area contributed by atoms with Gasteiger partial charge < -0.3 is 25.4 Å². The fraction of sp³-hybridized carbons (Fsp3) is 0.609. The van der Waals surface area contributed by atoms with Crippen molar-refractivity contribution >= 4 is 28.8 Å². The van der Waals surface area contributed by atoms with Crippen LogP contribution >= 0.6 is 0 Å². The Morgan fingerprint density at radius 1 is 1.26 bits per heavy atom. The van der Waals surface area contributed by atoms with Crippen molar-refractivity contribution in [2.75, 3.05) is 19.7 Å². The van der Waals surface area contributed by atoms with E-state index in [2.05, 4.69) is 20.9 Å². The van der Waals surface area contributed by atoms with Crippen molar-refractivity contribution in [1.82, 2.24) is 30.5 Å². The first-order chi connectivity index (χ1) is 16.5. The number of aliphatic hydroxyl groups is 1. The van der Waals surface area contributed by atoms with E-state index in [9.17, 15) is 19.5 Å². The average molecular weight is 471 g/mol. The summed E-state index contributed by atoms with van der Waals surface area (Å²) in [4.78, 5) is 41.6. The topological polar surface area (TPSA) is 139 Å². The Hall–Kier alpha value is -3.05. The minimum absolute atomic E-state index is 0.0858. The molecule has 3 fully saturated rings. The molecule has 2 bridgehead atoms. The highest BCUT2D eigenvalue weighted by Gasteiger charge is 2.74. The van der Waals surface area contributed by atoms with Crippen LogP contribution in [0.15, 0.2) is 24.3 Å². The van der Waals surface area contributed by atoms with Crippen LogP contribution in [0.3, 0.4) is 0 Å². The van der Waals surface area contributed by atoms with Crippen LogP contribution in [0.5, 0.6) is 0 Å². The lowest BCUT2D eigenvalue weighted by Crippen LogP contribution is -2.55. The maximum Gasteiger partial charge on any atom is 0.247 e. The van der Waals surface area contributed by atoms with Gasteiger partial charge in [-0.3, -0.25) is 14.4 Å². The summed E-state index contributed by atoms with van der Waals surface area (Å²) in [5, 5.41) is 23.4. The van der Waals surface area contributed by atoms with E-state index in [0.717, 1.165) is 17.5 Å². The number of benzene rings is 1. The molecule has 1 aromatic carbocycles. The molecule has 0 aliphatic carbocycles. The first-order valence-corrected chi connectivity index (χ1v) is 11.9. The van der Waals surface area contributed by atoms with Crippen LogP contribution < -0.4 is 10.6 Å². The van der Waals surface area contributed by atoms with Crippen LogP contribution in [0.25, 0.3) is 11.0 Å². The third-order valence-corrected chi connectivity index (χ3v) is 7.28. The van der Waals surface area contributed by atoms with Gasteiger partial charge in [-0.1, -0.05) is 24.3 Å². The summed E-state index contributed by atoms with van der Waals surface area (Å²) in [5.41, 5.74) is 0.457. The zero-order valence-corrected chi connectivity index (χ0v) is 19.1. The number of amides is 3. The van der Waals surface area contributed by atoms with E-state index >= 15 is 0 Å². The van der Waals surface area contributed by atoms with E-state index in [0.29, 0.717) is 25.8 Å². The minimum atomic E-state index is -1.04. The molecular formula is C23H30N6O5. The van der Waals surface area contributed by atoms with Crippen LogP contribution in [0, 0.1) is 11.8 Å². The fourth-order valence-electron chi connectivity index (χ4n) is 5.88. The van der Waals surface area contributed by atoms with Crippen molar-refractivity contribution in [3.63, 3.8) is 0 Å². The van der Waals surface area contributed by atoms with E-state index in [4.69, 9.17) is 4.74 Å². The van der Waals surface area contributed by atoms with E-state index in [1.54, 1.807) is 4.68 Å². The normalized spacial score (nSPS) is 29.6. The van der Waals surface area contributed by atoms with Gasteiger partial charge in [-0.2, -0.15) is 0 Å². The maximum atomic E-state index is 13.6. The molecule has 3 aliphatic rings. The van der Waals surface area contributed by atoms with E-state index in [-0.39, 0.29) is 43.6 Å². The van der Waals surface area contributed by atoms with Gasteiger partial charge >= 0.3 is 0 Å². The lowest BCUT2D eigenvalue weighted by Gasteiger charge is -2.33. The highest BCUT2D eigenvalue weighted by Crippen LogP contribution is 2.58. The Balaban J connectivity index is 1.41. The summed E-state index contributed by atoms with van der Waals surface area (Å²) < 4.78 is 7.93. The average Bonchev–Trinajstić information content (AvgIpc) is 3.59. The van der Waals surface area contributed by atoms with Crippen molar-refractivity contribution in [3.8, 4) is 0 Å². The second-order valence-corrected chi connectivity index (χ2v) is 9.23. The zero-order valence-electron chi connectivity index (χ0n) is 19.1. The Labute approximate surface area is 196 Å². The lowest BCUT2D eigenvalue weighted by atomic mass is 9.70. The Bertz CT molecular complexity index is 1100. The number of nitrogens with zero attached hydrogens (tertiary/aromatic N) is 4. The molecule has 0 radical (unpaired) electrons. The second kappa shape index (κ2) is 8.95. The first-order valence-electron chi connectivity index (χ1n) is 11.9. The number of carbonyl (C=O) groups excluding carboxylic acids is 3. The number of hydrogen-bond donors (Lipinski definition) is 3. The Kier molecular flexibility index (Phi) is 5.98. The van der Waals surface area contributed by atoms with Crippen molar-refractivity contribution in [3.05, 3.63) is 24.3 Å². The molecule has 5 rings (SSSR count). The van der Waals surface area contributed by atoms with Gasteiger partial charge in [-0.05, 0) is 37.8 Å². The molecule has 5 atom stereocenters. The van der Waals surface area contributed by atoms with Gasteiger partial charge in [0.05, 0.1) is 23.5 Å². The summed E-state index contributed by atoms with van der Waals surface area (Å²) in [6.07, 6.45) is 1.91. The van der Waals surface area contributed by atoms with Gasteiger partial charge in [0.1, 0.15) is 23.8 Å². The molecular weight excluding hydrogens is 440 g/mol.